The average molecular weight is 415 g/mol. The van der Waals surface area contributed by atoms with E-state index in [9.17, 15) is 4.39 Å². The zero-order valence-electron chi connectivity index (χ0n) is 11.4. The lowest BCUT2D eigenvalue weighted by Crippen LogP contribution is -2.19. The largest absolute Gasteiger partial charge is 0.493 e. The molecular weight excluding hydrogens is 401 g/mol. The van der Waals surface area contributed by atoms with Gasteiger partial charge in [0.15, 0.2) is 0 Å². The van der Waals surface area contributed by atoms with Crippen LogP contribution in [0.25, 0.3) is 0 Å². The Morgan fingerprint density at radius 1 is 1.14 bits per heavy atom. The van der Waals surface area contributed by atoms with E-state index in [0.717, 1.165) is 32.2 Å². The van der Waals surface area contributed by atoms with Crippen molar-refractivity contribution in [3.63, 3.8) is 0 Å². The summed E-state index contributed by atoms with van der Waals surface area (Å²) in [6, 6.07) is 8.78. The molecule has 21 heavy (non-hydrogen) atoms. The van der Waals surface area contributed by atoms with Crippen LogP contribution in [-0.2, 0) is 6.42 Å². The molecule has 1 unspecified atom stereocenters. The summed E-state index contributed by atoms with van der Waals surface area (Å²) in [5, 5.41) is 3.20. The van der Waals surface area contributed by atoms with E-state index >= 15 is 0 Å². The Balaban J connectivity index is 2.15. The van der Waals surface area contributed by atoms with Crippen LogP contribution in [0, 0.1) is 5.82 Å². The van der Waals surface area contributed by atoms with Crippen molar-refractivity contribution in [3.8, 4) is 5.75 Å². The van der Waals surface area contributed by atoms with Gasteiger partial charge in [-0.1, -0.05) is 31.9 Å². The maximum absolute atomic E-state index is 14.2. The van der Waals surface area contributed by atoms with Crippen LogP contribution in [0.3, 0.4) is 0 Å². The fraction of sp³-hybridized carbons (Fsp3) is 0.250. The molecule has 1 N–H and O–H groups in total. The average Bonchev–Trinajstić information content (AvgIpc) is 2.91. The molecule has 0 amide bonds. The van der Waals surface area contributed by atoms with Crippen LogP contribution in [-0.4, -0.2) is 13.7 Å². The van der Waals surface area contributed by atoms with E-state index in [1.165, 1.54) is 6.07 Å². The minimum atomic E-state index is -0.258. The molecule has 1 atom stereocenters. The zero-order chi connectivity index (χ0) is 15.0. The molecule has 0 fully saturated rings. The Hall–Kier alpha value is -0.910. The van der Waals surface area contributed by atoms with Crippen LogP contribution < -0.4 is 10.1 Å². The van der Waals surface area contributed by atoms with Crippen molar-refractivity contribution in [1.29, 1.82) is 0 Å². The number of ether oxygens (including phenoxy) is 1. The Bertz CT molecular complexity index is 690. The van der Waals surface area contributed by atoms with Gasteiger partial charge in [0.2, 0.25) is 0 Å². The fourth-order valence-electron chi connectivity index (χ4n) is 2.73. The molecule has 110 valence electrons. The first kappa shape index (κ1) is 15.0. The summed E-state index contributed by atoms with van der Waals surface area (Å²) in [6.45, 7) is 0.677. The summed E-state index contributed by atoms with van der Waals surface area (Å²) >= 11 is 6.94. The number of hydrogen-bond acceptors (Lipinski definition) is 2. The number of halogens is 3. The Morgan fingerprint density at radius 2 is 1.90 bits per heavy atom. The molecule has 0 bridgehead atoms. The topological polar surface area (TPSA) is 21.3 Å². The van der Waals surface area contributed by atoms with Gasteiger partial charge in [-0.25, -0.2) is 4.39 Å². The molecule has 0 saturated heterocycles. The van der Waals surface area contributed by atoms with E-state index in [-0.39, 0.29) is 11.9 Å². The van der Waals surface area contributed by atoms with Gasteiger partial charge < -0.3 is 10.1 Å². The predicted octanol–water partition coefficient (Wildman–Crippen LogP) is 4.59. The van der Waals surface area contributed by atoms with Crippen LogP contribution >= 0.6 is 31.9 Å². The normalized spacial score (nSPS) is 14.7. The van der Waals surface area contributed by atoms with Gasteiger partial charge in [0.1, 0.15) is 11.6 Å². The molecule has 2 aromatic carbocycles. The summed E-state index contributed by atoms with van der Waals surface area (Å²) in [5.74, 6) is 0.640. The highest BCUT2D eigenvalue weighted by atomic mass is 79.9. The highest BCUT2D eigenvalue weighted by Gasteiger charge is 2.25. The number of benzene rings is 2. The molecule has 0 radical (unpaired) electrons. The quantitative estimate of drug-likeness (QED) is 0.792. The van der Waals surface area contributed by atoms with E-state index in [0.29, 0.717) is 12.2 Å². The van der Waals surface area contributed by atoms with E-state index in [2.05, 4.69) is 43.2 Å². The summed E-state index contributed by atoms with van der Waals surface area (Å²) in [4.78, 5) is 0. The van der Waals surface area contributed by atoms with Crippen LogP contribution in [0.2, 0.25) is 0 Å². The van der Waals surface area contributed by atoms with Gasteiger partial charge in [-0.05, 0) is 42.9 Å². The molecule has 1 aliphatic heterocycles. The van der Waals surface area contributed by atoms with E-state index in [4.69, 9.17) is 4.74 Å². The van der Waals surface area contributed by atoms with Crippen LogP contribution in [0.15, 0.2) is 39.3 Å². The van der Waals surface area contributed by atoms with Crippen LogP contribution in [0.4, 0.5) is 4.39 Å². The first-order valence-corrected chi connectivity index (χ1v) is 8.26. The van der Waals surface area contributed by atoms with Crippen molar-refractivity contribution in [3.05, 3.63) is 61.8 Å². The second kappa shape index (κ2) is 6.07. The van der Waals surface area contributed by atoms with Crippen LogP contribution in [0.1, 0.15) is 22.7 Å². The molecule has 3 rings (SSSR count). The molecule has 0 aliphatic carbocycles. The third-order valence-corrected chi connectivity index (χ3v) is 4.60. The maximum atomic E-state index is 14.2. The third-order valence-electron chi connectivity index (χ3n) is 3.65. The summed E-state index contributed by atoms with van der Waals surface area (Å²) < 4.78 is 21.8. The van der Waals surface area contributed by atoms with Crippen molar-refractivity contribution in [2.24, 2.45) is 0 Å². The van der Waals surface area contributed by atoms with Gasteiger partial charge in [-0.3, -0.25) is 0 Å². The number of rotatable bonds is 3. The molecular formula is C16H14Br2FNO. The standard InChI is InChI=1S/C16H14Br2FNO/c1-20-15(12-7-10(17)2-3-14(12)19)13-8-11(18)6-9-4-5-21-16(9)13/h2-3,6-8,15,20H,4-5H2,1H3. The Labute approximate surface area is 140 Å². The van der Waals surface area contributed by atoms with Crippen molar-refractivity contribution >= 4 is 31.9 Å². The molecule has 0 saturated carbocycles. The SMILES string of the molecule is CNC(c1cc(Br)ccc1F)c1cc(Br)cc2c1OCC2. The van der Waals surface area contributed by atoms with E-state index in [1.54, 1.807) is 12.1 Å². The second-order valence-electron chi connectivity index (χ2n) is 4.97. The lowest BCUT2D eigenvalue weighted by Gasteiger charge is -2.21. The minimum Gasteiger partial charge on any atom is -0.493 e. The highest BCUT2D eigenvalue weighted by molar-refractivity contribution is 9.10. The van der Waals surface area contributed by atoms with Gasteiger partial charge in [0.25, 0.3) is 0 Å². The smallest absolute Gasteiger partial charge is 0.128 e. The fourth-order valence-corrected chi connectivity index (χ4v) is 3.63. The van der Waals surface area contributed by atoms with Crippen molar-refractivity contribution in [2.75, 3.05) is 13.7 Å². The maximum Gasteiger partial charge on any atom is 0.128 e. The second-order valence-corrected chi connectivity index (χ2v) is 6.80. The summed E-state index contributed by atoms with van der Waals surface area (Å²) in [6.07, 6.45) is 0.888. The van der Waals surface area contributed by atoms with Gasteiger partial charge >= 0.3 is 0 Å². The molecule has 2 nitrogen and oxygen atoms in total. The van der Waals surface area contributed by atoms with Gasteiger partial charge in [0, 0.05) is 26.5 Å². The monoisotopic (exact) mass is 413 g/mol. The molecule has 5 heteroatoms. The first-order chi connectivity index (χ1) is 10.1. The minimum absolute atomic E-state index is 0.232. The third kappa shape index (κ3) is 2.87. The Kier molecular flexibility index (Phi) is 4.33. The number of nitrogens with one attached hydrogen (secondary N) is 1. The van der Waals surface area contributed by atoms with E-state index < -0.39 is 0 Å². The molecule has 1 aliphatic rings. The molecule has 0 spiro atoms. The zero-order valence-corrected chi connectivity index (χ0v) is 14.6. The highest BCUT2D eigenvalue weighted by Crippen LogP contribution is 2.39. The molecule has 1 heterocycles. The summed E-state index contributed by atoms with van der Waals surface area (Å²) in [5.41, 5.74) is 2.72. The van der Waals surface area contributed by atoms with Gasteiger partial charge in [-0.15, -0.1) is 0 Å². The molecule has 0 aromatic heterocycles. The Morgan fingerprint density at radius 3 is 2.67 bits per heavy atom. The predicted molar refractivity (Wildman–Crippen MR) is 88.3 cm³/mol. The lowest BCUT2D eigenvalue weighted by atomic mass is 9.95. The number of hydrogen-bond donors (Lipinski definition) is 1. The van der Waals surface area contributed by atoms with Gasteiger partial charge in [0.05, 0.1) is 12.6 Å². The molecule has 2 aromatic rings. The van der Waals surface area contributed by atoms with E-state index in [1.807, 2.05) is 13.1 Å². The lowest BCUT2D eigenvalue weighted by molar-refractivity contribution is 0.350. The van der Waals surface area contributed by atoms with Crippen molar-refractivity contribution in [2.45, 2.75) is 12.5 Å². The van der Waals surface area contributed by atoms with Crippen molar-refractivity contribution < 1.29 is 9.13 Å². The number of fused-ring (bicyclic) bond motifs is 1. The first-order valence-electron chi connectivity index (χ1n) is 6.67. The van der Waals surface area contributed by atoms with Crippen molar-refractivity contribution in [1.82, 2.24) is 5.32 Å². The van der Waals surface area contributed by atoms with Gasteiger partial charge in [-0.2, -0.15) is 0 Å². The van der Waals surface area contributed by atoms with Crippen LogP contribution in [0.5, 0.6) is 5.75 Å². The summed E-state index contributed by atoms with van der Waals surface area (Å²) in [7, 11) is 1.83.